The number of halogens is 1. The van der Waals surface area contributed by atoms with Gasteiger partial charge in [-0.15, -0.1) is 5.10 Å². The molecule has 1 aromatic heterocycles. The monoisotopic (exact) mass is 440 g/mol. The molecule has 7 heteroatoms. The predicted molar refractivity (Wildman–Crippen MR) is 118 cm³/mol. The molecule has 0 radical (unpaired) electrons. The van der Waals surface area contributed by atoms with Crippen molar-refractivity contribution in [2.75, 3.05) is 20.3 Å². The van der Waals surface area contributed by atoms with Gasteiger partial charge in [0.15, 0.2) is 5.79 Å². The van der Waals surface area contributed by atoms with Crippen molar-refractivity contribution in [3.05, 3.63) is 59.6 Å². The lowest BCUT2D eigenvalue weighted by Crippen LogP contribution is -2.38. The van der Waals surface area contributed by atoms with Gasteiger partial charge in [0.1, 0.15) is 17.5 Å². The Kier molecular flexibility index (Phi) is 5.61. The summed E-state index contributed by atoms with van der Waals surface area (Å²) in [5.41, 5.74) is 2.75. The van der Waals surface area contributed by atoms with E-state index in [4.69, 9.17) is 35.6 Å². The lowest BCUT2D eigenvalue weighted by molar-refractivity contribution is -0.186. The second kappa shape index (κ2) is 8.54. The lowest BCUT2D eigenvalue weighted by Gasteiger charge is -2.34. The third-order valence-electron chi connectivity index (χ3n) is 5.94. The molecule has 2 aromatic carbocycles. The molecule has 0 bridgehead atoms. The number of ether oxygens (including phenoxy) is 4. The average Bonchev–Trinajstić information content (AvgIpc) is 3.43. The van der Waals surface area contributed by atoms with E-state index in [0.717, 1.165) is 48.4 Å². The molecule has 2 heterocycles. The maximum absolute atomic E-state index is 6.31. The Morgan fingerprint density at radius 3 is 2.45 bits per heavy atom. The first-order chi connectivity index (χ1) is 15.2. The van der Waals surface area contributed by atoms with Crippen molar-refractivity contribution in [2.45, 2.75) is 37.6 Å². The number of rotatable bonds is 5. The molecular weight excluding hydrogens is 416 g/mol. The predicted octanol–water partition coefficient (Wildman–Crippen LogP) is 5.27. The van der Waals surface area contributed by atoms with E-state index in [0.29, 0.717) is 24.1 Å². The van der Waals surface area contributed by atoms with Gasteiger partial charge in [-0.2, -0.15) is 0 Å². The van der Waals surface area contributed by atoms with E-state index in [-0.39, 0.29) is 6.10 Å². The van der Waals surface area contributed by atoms with Crippen LogP contribution in [0.5, 0.6) is 11.6 Å². The zero-order chi connectivity index (χ0) is 21.3. The highest BCUT2D eigenvalue weighted by atomic mass is 35.5. The summed E-state index contributed by atoms with van der Waals surface area (Å²) in [5, 5.41) is 5.48. The molecule has 2 fully saturated rings. The molecular formula is C24H25ClN2O4. The standard InChI is InChI=1S/C24H25ClN2O4/c1-28-22-5-3-2-4-20(22)27-21(17-6-8-18(25)9-7-17)16-23(26-27)31-19-10-12-24(13-11-19)29-14-15-30-24/h2-9,16,19H,10-15H2,1H3. The summed E-state index contributed by atoms with van der Waals surface area (Å²) >= 11 is 6.10. The second-order valence-corrected chi connectivity index (χ2v) is 8.32. The molecule has 162 valence electrons. The molecule has 5 rings (SSSR count). The van der Waals surface area contributed by atoms with Crippen molar-refractivity contribution < 1.29 is 18.9 Å². The molecule has 1 saturated heterocycles. The number of methoxy groups -OCH3 is 1. The van der Waals surface area contributed by atoms with Crippen molar-refractivity contribution >= 4 is 11.6 Å². The molecule has 6 nitrogen and oxygen atoms in total. The molecule has 0 amide bonds. The second-order valence-electron chi connectivity index (χ2n) is 7.88. The molecule has 0 atom stereocenters. The number of hydrogen-bond donors (Lipinski definition) is 0. The molecule has 1 aliphatic carbocycles. The molecule has 31 heavy (non-hydrogen) atoms. The largest absolute Gasteiger partial charge is 0.494 e. The molecule has 2 aliphatic rings. The Morgan fingerprint density at radius 2 is 1.74 bits per heavy atom. The van der Waals surface area contributed by atoms with E-state index >= 15 is 0 Å². The zero-order valence-electron chi connectivity index (χ0n) is 17.4. The van der Waals surface area contributed by atoms with Crippen LogP contribution in [0.1, 0.15) is 25.7 Å². The van der Waals surface area contributed by atoms with Gasteiger partial charge < -0.3 is 18.9 Å². The van der Waals surface area contributed by atoms with Gasteiger partial charge in [-0.25, -0.2) is 4.68 Å². The highest BCUT2D eigenvalue weighted by Crippen LogP contribution is 2.38. The minimum absolute atomic E-state index is 0.0810. The molecule has 1 saturated carbocycles. The van der Waals surface area contributed by atoms with Crippen LogP contribution in [0.25, 0.3) is 16.9 Å². The SMILES string of the molecule is COc1ccccc1-n1nc(OC2CCC3(CC2)OCCO3)cc1-c1ccc(Cl)cc1. The van der Waals surface area contributed by atoms with Crippen LogP contribution < -0.4 is 9.47 Å². The Balaban J connectivity index is 1.44. The Bertz CT molecular complexity index is 1030. The average molecular weight is 441 g/mol. The Hall–Kier alpha value is -2.54. The van der Waals surface area contributed by atoms with Crippen molar-refractivity contribution in [3.63, 3.8) is 0 Å². The van der Waals surface area contributed by atoms with Gasteiger partial charge in [-0.05, 0) is 37.1 Å². The third kappa shape index (κ3) is 4.15. The quantitative estimate of drug-likeness (QED) is 0.541. The number of hydrogen-bond acceptors (Lipinski definition) is 5. The van der Waals surface area contributed by atoms with E-state index in [1.807, 2.05) is 59.3 Å². The van der Waals surface area contributed by atoms with E-state index in [9.17, 15) is 0 Å². The normalized spacial score (nSPS) is 18.4. The van der Waals surface area contributed by atoms with Crippen molar-refractivity contribution in [1.29, 1.82) is 0 Å². The smallest absolute Gasteiger partial charge is 0.234 e. The van der Waals surface area contributed by atoms with Crippen LogP contribution in [-0.4, -0.2) is 42.0 Å². The van der Waals surface area contributed by atoms with Crippen LogP contribution in [0.4, 0.5) is 0 Å². The first-order valence-corrected chi connectivity index (χ1v) is 11.0. The summed E-state index contributed by atoms with van der Waals surface area (Å²) in [6.45, 7) is 1.36. The van der Waals surface area contributed by atoms with Gasteiger partial charge in [0.2, 0.25) is 5.88 Å². The maximum atomic E-state index is 6.31. The van der Waals surface area contributed by atoms with Gasteiger partial charge in [-0.1, -0.05) is 35.9 Å². The summed E-state index contributed by atoms with van der Waals surface area (Å²) < 4.78 is 25.4. The number of aromatic nitrogens is 2. The first kappa shape index (κ1) is 20.4. The number of para-hydroxylation sites is 2. The first-order valence-electron chi connectivity index (χ1n) is 10.6. The van der Waals surface area contributed by atoms with Gasteiger partial charge >= 0.3 is 0 Å². The van der Waals surface area contributed by atoms with Crippen molar-refractivity contribution in [2.24, 2.45) is 0 Å². The lowest BCUT2D eigenvalue weighted by atomic mass is 9.92. The van der Waals surface area contributed by atoms with Crippen LogP contribution >= 0.6 is 11.6 Å². The van der Waals surface area contributed by atoms with Crippen molar-refractivity contribution in [1.82, 2.24) is 9.78 Å². The molecule has 3 aromatic rings. The van der Waals surface area contributed by atoms with Crippen molar-refractivity contribution in [3.8, 4) is 28.6 Å². The topological polar surface area (TPSA) is 54.7 Å². The summed E-state index contributed by atoms with van der Waals surface area (Å²) in [6.07, 6.45) is 3.51. The third-order valence-corrected chi connectivity index (χ3v) is 6.19. The summed E-state index contributed by atoms with van der Waals surface area (Å²) in [5.74, 6) is 0.929. The summed E-state index contributed by atoms with van der Waals surface area (Å²) in [6, 6.07) is 17.5. The van der Waals surface area contributed by atoms with Gasteiger partial charge in [-0.3, -0.25) is 0 Å². The number of benzene rings is 2. The van der Waals surface area contributed by atoms with E-state index in [1.54, 1.807) is 7.11 Å². The van der Waals surface area contributed by atoms with E-state index < -0.39 is 5.79 Å². The van der Waals surface area contributed by atoms with Crippen LogP contribution in [0, 0.1) is 0 Å². The summed E-state index contributed by atoms with van der Waals surface area (Å²) in [4.78, 5) is 0. The minimum Gasteiger partial charge on any atom is -0.494 e. The molecule has 1 spiro atoms. The van der Waals surface area contributed by atoms with E-state index in [2.05, 4.69) is 0 Å². The van der Waals surface area contributed by atoms with Gasteiger partial charge in [0, 0.05) is 29.5 Å². The highest BCUT2D eigenvalue weighted by Gasteiger charge is 2.41. The molecule has 0 unspecified atom stereocenters. The zero-order valence-corrected chi connectivity index (χ0v) is 18.2. The molecule has 0 N–H and O–H groups in total. The Labute approximate surface area is 186 Å². The Morgan fingerprint density at radius 1 is 1.03 bits per heavy atom. The fourth-order valence-electron chi connectivity index (χ4n) is 4.34. The van der Waals surface area contributed by atoms with Crippen LogP contribution in [0.15, 0.2) is 54.6 Å². The van der Waals surface area contributed by atoms with Crippen LogP contribution in [-0.2, 0) is 9.47 Å². The van der Waals surface area contributed by atoms with Gasteiger partial charge in [0.25, 0.3) is 0 Å². The summed E-state index contributed by atoms with van der Waals surface area (Å²) in [7, 11) is 1.66. The highest BCUT2D eigenvalue weighted by molar-refractivity contribution is 6.30. The van der Waals surface area contributed by atoms with E-state index in [1.165, 1.54) is 0 Å². The van der Waals surface area contributed by atoms with Crippen LogP contribution in [0.2, 0.25) is 5.02 Å². The van der Waals surface area contributed by atoms with Gasteiger partial charge in [0.05, 0.1) is 26.0 Å². The fraction of sp³-hybridized carbons (Fsp3) is 0.375. The maximum Gasteiger partial charge on any atom is 0.234 e. The van der Waals surface area contributed by atoms with Crippen LogP contribution in [0.3, 0.4) is 0 Å². The minimum atomic E-state index is -0.398. The fourth-order valence-corrected chi connectivity index (χ4v) is 4.46. The number of nitrogens with zero attached hydrogens (tertiary/aromatic N) is 2. The molecule has 1 aliphatic heterocycles.